The maximum atomic E-state index is 12.6. The van der Waals surface area contributed by atoms with E-state index in [4.69, 9.17) is 4.74 Å². The highest BCUT2D eigenvalue weighted by Crippen LogP contribution is 2.40. The summed E-state index contributed by atoms with van der Waals surface area (Å²) in [4.78, 5) is 41.7. The Morgan fingerprint density at radius 3 is 3.07 bits per heavy atom. The zero-order chi connectivity index (χ0) is 20.4. The maximum absolute atomic E-state index is 12.6. The predicted octanol–water partition coefficient (Wildman–Crippen LogP) is 3.45. The Bertz CT molecular complexity index is 1060. The minimum Gasteiger partial charge on any atom is -0.462 e. The molecule has 0 unspecified atom stereocenters. The van der Waals surface area contributed by atoms with Crippen molar-refractivity contribution in [2.24, 2.45) is 5.92 Å². The summed E-state index contributed by atoms with van der Waals surface area (Å²) in [6.07, 6.45) is 5.77. The monoisotopic (exact) mass is 431 g/mol. The molecule has 3 heterocycles. The molecule has 0 saturated heterocycles. The second kappa shape index (κ2) is 8.50. The highest BCUT2D eigenvalue weighted by Gasteiger charge is 2.29. The van der Waals surface area contributed by atoms with Gasteiger partial charge in [0.15, 0.2) is 5.65 Å². The first-order valence-electron chi connectivity index (χ1n) is 9.45. The van der Waals surface area contributed by atoms with E-state index in [9.17, 15) is 9.59 Å². The number of carbonyl (C=O) groups excluding carboxylic acids is 2. The molecule has 8 nitrogen and oxygen atoms in total. The molecule has 3 aromatic heterocycles. The third-order valence-electron chi connectivity index (χ3n) is 4.77. The van der Waals surface area contributed by atoms with E-state index in [-0.39, 0.29) is 17.6 Å². The third kappa shape index (κ3) is 4.13. The second-order valence-corrected chi connectivity index (χ2v) is 8.96. The number of carbonyl (C=O) groups is 2. The number of aromatic amines is 1. The number of amides is 1. The minimum atomic E-state index is -0.363. The number of imidazole rings is 1. The Morgan fingerprint density at radius 2 is 2.24 bits per heavy atom. The molecular weight excluding hydrogens is 410 g/mol. The molecule has 0 bridgehead atoms. The molecule has 0 radical (unpaired) electrons. The topological polar surface area (TPSA) is 110 Å². The summed E-state index contributed by atoms with van der Waals surface area (Å²) in [6.45, 7) is 4.29. The first-order chi connectivity index (χ1) is 14.1. The molecule has 1 atom stereocenters. The van der Waals surface area contributed by atoms with Crippen LogP contribution in [0.4, 0.5) is 5.00 Å². The smallest absolute Gasteiger partial charge is 0.341 e. The van der Waals surface area contributed by atoms with Gasteiger partial charge >= 0.3 is 5.97 Å². The van der Waals surface area contributed by atoms with Crippen molar-refractivity contribution in [3.8, 4) is 0 Å². The lowest BCUT2D eigenvalue weighted by atomic mass is 9.88. The van der Waals surface area contributed by atoms with Crippen LogP contribution >= 0.6 is 23.1 Å². The van der Waals surface area contributed by atoms with Crippen molar-refractivity contribution < 1.29 is 14.3 Å². The van der Waals surface area contributed by atoms with Crippen LogP contribution in [-0.2, 0) is 22.4 Å². The molecule has 10 heteroatoms. The van der Waals surface area contributed by atoms with Crippen molar-refractivity contribution in [1.82, 2.24) is 19.9 Å². The van der Waals surface area contributed by atoms with Gasteiger partial charge in [0.05, 0.1) is 24.3 Å². The zero-order valence-electron chi connectivity index (χ0n) is 16.2. The number of esters is 1. The maximum Gasteiger partial charge on any atom is 0.341 e. The summed E-state index contributed by atoms with van der Waals surface area (Å²) in [6, 6.07) is 0. The lowest BCUT2D eigenvalue weighted by Gasteiger charge is -2.18. The molecule has 2 N–H and O–H groups in total. The van der Waals surface area contributed by atoms with E-state index >= 15 is 0 Å². The summed E-state index contributed by atoms with van der Waals surface area (Å²) in [5, 5.41) is 4.17. The number of thioether (sulfide) groups is 1. The van der Waals surface area contributed by atoms with Crippen LogP contribution in [0.3, 0.4) is 0 Å². The third-order valence-corrected chi connectivity index (χ3v) is 6.93. The molecule has 0 aliphatic heterocycles. The summed E-state index contributed by atoms with van der Waals surface area (Å²) < 4.78 is 5.25. The van der Waals surface area contributed by atoms with Crippen LogP contribution in [0, 0.1) is 5.92 Å². The largest absolute Gasteiger partial charge is 0.462 e. The summed E-state index contributed by atoms with van der Waals surface area (Å²) in [7, 11) is 0. The van der Waals surface area contributed by atoms with E-state index in [1.165, 1.54) is 34.3 Å². The normalized spacial score (nSPS) is 15.9. The summed E-state index contributed by atoms with van der Waals surface area (Å²) in [5.74, 6) is 0.174. The Balaban J connectivity index is 1.51. The molecule has 1 amide bonds. The van der Waals surface area contributed by atoms with Crippen molar-refractivity contribution in [3.05, 3.63) is 28.7 Å². The van der Waals surface area contributed by atoms with E-state index in [0.29, 0.717) is 39.3 Å². The number of fused-ring (bicyclic) bond motifs is 2. The van der Waals surface area contributed by atoms with E-state index in [0.717, 1.165) is 24.8 Å². The number of anilines is 1. The Labute approximate surface area is 175 Å². The lowest BCUT2D eigenvalue weighted by molar-refractivity contribution is -0.113. The highest BCUT2D eigenvalue weighted by atomic mass is 32.2. The zero-order valence-corrected chi connectivity index (χ0v) is 17.8. The van der Waals surface area contributed by atoms with Crippen molar-refractivity contribution in [3.63, 3.8) is 0 Å². The van der Waals surface area contributed by atoms with Crippen molar-refractivity contribution in [2.45, 2.75) is 38.1 Å². The second-order valence-electron chi connectivity index (χ2n) is 6.89. The standard InChI is InChI=1S/C19H21N5O3S2/c1-3-27-19(26)14-11-5-4-10(2)6-12(11)29-17(14)24-13(25)7-28-18-15-16(21-8-20-15)22-9-23-18/h8-10H,3-7H2,1-2H3,(H,24,25)(H,20,21,22,23)/t10-/m1/s1. The average molecular weight is 432 g/mol. The van der Waals surface area contributed by atoms with E-state index in [2.05, 4.69) is 32.2 Å². The number of ether oxygens (including phenoxy) is 1. The average Bonchev–Trinajstić information content (AvgIpc) is 3.30. The molecule has 3 aromatic rings. The Morgan fingerprint density at radius 1 is 1.38 bits per heavy atom. The summed E-state index contributed by atoms with van der Waals surface area (Å²) >= 11 is 2.79. The molecule has 4 rings (SSSR count). The van der Waals surface area contributed by atoms with Crippen LogP contribution in [0.25, 0.3) is 11.2 Å². The van der Waals surface area contributed by atoms with Crippen molar-refractivity contribution >= 4 is 51.1 Å². The fourth-order valence-electron chi connectivity index (χ4n) is 3.41. The molecule has 1 aliphatic carbocycles. The van der Waals surface area contributed by atoms with Gasteiger partial charge in [-0.1, -0.05) is 18.7 Å². The van der Waals surface area contributed by atoms with E-state index < -0.39 is 0 Å². The van der Waals surface area contributed by atoms with Crippen LogP contribution in [0.1, 0.15) is 41.1 Å². The molecule has 0 fully saturated rings. The SMILES string of the molecule is CCOC(=O)c1c(NC(=O)CSc2ncnc3nc[nH]c23)sc2c1CC[C@@H](C)C2. The number of thiophene rings is 1. The lowest BCUT2D eigenvalue weighted by Crippen LogP contribution is -2.17. The number of hydrogen-bond donors (Lipinski definition) is 2. The molecule has 0 spiro atoms. The number of rotatable bonds is 6. The van der Waals surface area contributed by atoms with Crippen molar-refractivity contribution in [1.29, 1.82) is 0 Å². The number of H-pyrrole nitrogens is 1. The Kier molecular flexibility index (Phi) is 5.81. The van der Waals surface area contributed by atoms with Gasteiger partial charge in [0.2, 0.25) is 5.91 Å². The van der Waals surface area contributed by atoms with Crippen LogP contribution in [0.15, 0.2) is 17.7 Å². The van der Waals surface area contributed by atoms with Gasteiger partial charge in [-0.15, -0.1) is 11.3 Å². The molecule has 152 valence electrons. The molecule has 29 heavy (non-hydrogen) atoms. The number of aromatic nitrogens is 4. The van der Waals surface area contributed by atoms with Gasteiger partial charge in [-0.25, -0.2) is 19.7 Å². The van der Waals surface area contributed by atoms with Gasteiger partial charge in [-0.05, 0) is 37.7 Å². The van der Waals surface area contributed by atoms with Crippen LogP contribution in [0.2, 0.25) is 0 Å². The predicted molar refractivity (Wildman–Crippen MR) is 113 cm³/mol. The fraction of sp³-hybridized carbons (Fsp3) is 0.421. The molecule has 0 saturated carbocycles. The van der Waals surface area contributed by atoms with Crippen LogP contribution in [0.5, 0.6) is 0 Å². The van der Waals surface area contributed by atoms with Gasteiger partial charge in [-0.3, -0.25) is 4.79 Å². The highest BCUT2D eigenvalue weighted by molar-refractivity contribution is 8.00. The van der Waals surface area contributed by atoms with Gasteiger partial charge in [0.25, 0.3) is 0 Å². The van der Waals surface area contributed by atoms with Gasteiger partial charge in [0.1, 0.15) is 21.9 Å². The van der Waals surface area contributed by atoms with Crippen LogP contribution < -0.4 is 5.32 Å². The van der Waals surface area contributed by atoms with Gasteiger partial charge in [0, 0.05) is 4.88 Å². The first kappa shape index (κ1) is 19.8. The minimum absolute atomic E-state index is 0.159. The first-order valence-corrected chi connectivity index (χ1v) is 11.2. The number of nitrogens with one attached hydrogen (secondary N) is 2. The molecular formula is C19H21N5O3S2. The molecule has 1 aliphatic rings. The van der Waals surface area contributed by atoms with Gasteiger partial charge in [-0.2, -0.15) is 0 Å². The van der Waals surface area contributed by atoms with Crippen LogP contribution in [-0.4, -0.2) is 44.2 Å². The van der Waals surface area contributed by atoms with E-state index in [1.54, 1.807) is 13.3 Å². The Hall–Kier alpha value is -2.46. The number of hydrogen-bond acceptors (Lipinski definition) is 8. The number of nitrogens with zero attached hydrogens (tertiary/aromatic N) is 3. The van der Waals surface area contributed by atoms with Gasteiger partial charge < -0.3 is 15.0 Å². The fourth-order valence-corrected chi connectivity index (χ4v) is 5.58. The van der Waals surface area contributed by atoms with E-state index in [1.807, 2.05) is 0 Å². The molecule has 0 aromatic carbocycles. The van der Waals surface area contributed by atoms with Crippen molar-refractivity contribution in [2.75, 3.05) is 17.7 Å². The quantitative estimate of drug-likeness (QED) is 0.349. The summed E-state index contributed by atoms with van der Waals surface area (Å²) in [5.41, 5.74) is 2.82.